The van der Waals surface area contributed by atoms with Gasteiger partial charge in [-0.05, 0) is 44.5 Å². The number of esters is 1. The minimum Gasteiger partial charge on any atom is -0.497 e. The van der Waals surface area contributed by atoms with E-state index in [1.54, 1.807) is 33.9 Å². The van der Waals surface area contributed by atoms with Crippen molar-refractivity contribution >= 4 is 30.2 Å². The average molecular weight is 572 g/mol. The van der Waals surface area contributed by atoms with Crippen LogP contribution in [0.2, 0.25) is 0 Å². The smallest absolute Gasteiger partial charge is 0.416 e. The molecule has 1 N–H and O–H groups in total. The molecule has 222 valence electrons. The number of aromatic nitrogens is 2. The van der Waals surface area contributed by atoms with Gasteiger partial charge in [0.05, 0.1) is 7.11 Å². The monoisotopic (exact) mass is 571 g/mol. The zero-order valence-corrected chi connectivity index (χ0v) is 23.8. The zero-order valence-electron chi connectivity index (χ0n) is 23.8. The van der Waals surface area contributed by atoms with Crippen LogP contribution in [0, 0.1) is 0 Å². The second-order valence-corrected chi connectivity index (χ2v) is 9.61. The summed E-state index contributed by atoms with van der Waals surface area (Å²) in [6.07, 6.45) is 0.997. The van der Waals surface area contributed by atoms with Crippen molar-refractivity contribution in [3.05, 3.63) is 54.6 Å². The second-order valence-electron chi connectivity index (χ2n) is 9.61. The highest BCUT2D eigenvalue weighted by atomic mass is 16.6. The quantitative estimate of drug-likeness (QED) is 0.138. The van der Waals surface area contributed by atoms with Gasteiger partial charge in [0.2, 0.25) is 18.2 Å². The van der Waals surface area contributed by atoms with Crippen molar-refractivity contribution in [1.82, 2.24) is 20.4 Å². The van der Waals surface area contributed by atoms with Gasteiger partial charge < -0.3 is 29.2 Å². The number of carbonyl (C=O) groups excluding carboxylic acids is 4. The Labute approximate surface area is 239 Å². The molecule has 1 aromatic heterocycles. The molecular formula is C28H37N5O8. The molecule has 0 spiro atoms. The number of hydrogen-bond acceptors (Lipinski definition) is 10. The highest BCUT2D eigenvalue weighted by molar-refractivity contribution is 5.88. The van der Waals surface area contributed by atoms with Gasteiger partial charge in [0.1, 0.15) is 31.1 Å². The van der Waals surface area contributed by atoms with Crippen molar-refractivity contribution in [3.8, 4) is 11.6 Å². The van der Waals surface area contributed by atoms with Crippen molar-refractivity contribution in [1.29, 1.82) is 0 Å². The largest absolute Gasteiger partial charge is 0.497 e. The van der Waals surface area contributed by atoms with E-state index in [1.165, 1.54) is 21.9 Å². The number of nitrogens with one attached hydrogen (secondary N) is 1. The Morgan fingerprint density at radius 1 is 1.05 bits per heavy atom. The fraction of sp³-hybridized carbons (Fsp3) is 0.429. The van der Waals surface area contributed by atoms with E-state index in [-0.39, 0.29) is 57.5 Å². The highest BCUT2D eigenvalue weighted by Gasteiger charge is 2.27. The van der Waals surface area contributed by atoms with Crippen LogP contribution < -0.4 is 19.7 Å². The van der Waals surface area contributed by atoms with Crippen LogP contribution in [0.4, 0.5) is 10.6 Å². The molecule has 0 aliphatic heterocycles. The van der Waals surface area contributed by atoms with Crippen molar-refractivity contribution < 1.29 is 38.1 Å². The van der Waals surface area contributed by atoms with Crippen molar-refractivity contribution in [2.45, 2.75) is 39.4 Å². The maximum absolute atomic E-state index is 13.0. The lowest BCUT2D eigenvalue weighted by atomic mass is 10.2. The van der Waals surface area contributed by atoms with E-state index in [2.05, 4.69) is 22.1 Å². The Kier molecular flexibility index (Phi) is 13.0. The van der Waals surface area contributed by atoms with Crippen LogP contribution in [0.15, 0.2) is 49.1 Å². The lowest BCUT2D eigenvalue weighted by Gasteiger charge is -2.27. The standard InChI is InChI=1S/C28H37N5O8/c1-6-17-39-26(36)18-32(16-14-29-20-34)25(35)13-15-33(27(37)41-28(2,3)4)23-11-12-24(31-30-23)40-19-21-7-9-22(38-5)10-8-21/h6-12,20H,1,13-19H2,2-5H3,(H,29,34). The van der Waals surface area contributed by atoms with Gasteiger partial charge in [-0.25, -0.2) is 4.79 Å². The Morgan fingerprint density at radius 2 is 1.78 bits per heavy atom. The summed E-state index contributed by atoms with van der Waals surface area (Å²) >= 11 is 0. The summed E-state index contributed by atoms with van der Waals surface area (Å²) < 4.78 is 21.3. The molecule has 2 rings (SSSR count). The predicted molar refractivity (Wildman–Crippen MR) is 149 cm³/mol. The van der Waals surface area contributed by atoms with E-state index in [0.29, 0.717) is 6.41 Å². The first-order valence-electron chi connectivity index (χ1n) is 12.9. The Hall–Kier alpha value is -4.68. The molecule has 0 saturated heterocycles. The van der Waals surface area contributed by atoms with Crippen LogP contribution in [0.5, 0.6) is 11.6 Å². The lowest BCUT2D eigenvalue weighted by molar-refractivity contribution is -0.148. The minimum atomic E-state index is -0.810. The van der Waals surface area contributed by atoms with Gasteiger partial charge in [-0.15, -0.1) is 10.2 Å². The minimum absolute atomic E-state index is 0.00164. The van der Waals surface area contributed by atoms with Gasteiger partial charge in [-0.3, -0.25) is 19.3 Å². The Morgan fingerprint density at radius 3 is 2.37 bits per heavy atom. The summed E-state index contributed by atoms with van der Waals surface area (Å²) in [5.74, 6) is 0.0192. The maximum atomic E-state index is 13.0. The normalized spacial score (nSPS) is 10.6. The van der Waals surface area contributed by atoms with Gasteiger partial charge in [-0.1, -0.05) is 24.8 Å². The Bertz CT molecular complexity index is 1150. The zero-order chi connectivity index (χ0) is 30.3. The maximum Gasteiger partial charge on any atom is 0.416 e. The molecule has 0 radical (unpaired) electrons. The summed E-state index contributed by atoms with van der Waals surface area (Å²) in [6, 6.07) is 10.4. The molecule has 0 unspecified atom stereocenters. The van der Waals surface area contributed by atoms with Crippen LogP contribution >= 0.6 is 0 Å². The van der Waals surface area contributed by atoms with Gasteiger partial charge >= 0.3 is 12.1 Å². The highest BCUT2D eigenvalue weighted by Crippen LogP contribution is 2.19. The van der Waals surface area contributed by atoms with Crippen molar-refractivity contribution in [2.24, 2.45) is 0 Å². The van der Waals surface area contributed by atoms with Crippen LogP contribution in [0.1, 0.15) is 32.8 Å². The van der Waals surface area contributed by atoms with Crippen molar-refractivity contribution in [2.75, 3.05) is 44.8 Å². The molecular weight excluding hydrogens is 534 g/mol. The van der Waals surface area contributed by atoms with E-state index in [0.717, 1.165) is 11.3 Å². The number of rotatable bonds is 16. The molecule has 0 bridgehead atoms. The third-order valence-electron chi connectivity index (χ3n) is 5.26. The SMILES string of the molecule is C=CCOC(=O)CN(CCNC=O)C(=O)CCN(C(=O)OC(C)(C)C)c1ccc(OCc2ccc(OC)cc2)nn1. The second kappa shape index (κ2) is 16.4. The average Bonchev–Trinajstić information content (AvgIpc) is 2.94. The number of nitrogens with zero attached hydrogens (tertiary/aromatic N) is 4. The molecule has 13 heteroatoms. The number of hydrogen-bond donors (Lipinski definition) is 1. The fourth-order valence-corrected chi connectivity index (χ4v) is 3.30. The molecule has 0 saturated carbocycles. The van der Waals surface area contributed by atoms with E-state index >= 15 is 0 Å². The lowest BCUT2D eigenvalue weighted by Crippen LogP contribution is -2.43. The molecule has 13 nitrogen and oxygen atoms in total. The molecule has 0 aliphatic carbocycles. The van der Waals surface area contributed by atoms with E-state index in [4.69, 9.17) is 18.9 Å². The number of methoxy groups -OCH3 is 1. The van der Waals surface area contributed by atoms with E-state index in [1.807, 2.05) is 24.3 Å². The summed E-state index contributed by atoms with van der Waals surface area (Å²) in [5.41, 5.74) is 0.0853. The molecule has 0 fully saturated rings. The Balaban J connectivity index is 2.13. The molecule has 41 heavy (non-hydrogen) atoms. The number of amides is 3. The molecule has 0 aliphatic rings. The van der Waals surface area contributed by atoms with Gasteiger partial charge in [0.25, 0.3) is 0 Å². The number of ether oxygens (including phenoxy) is 4. The van der Waals surface area contributed by atoms with E-state index in [9.17, 15) is 19.2 Å². The number of carbonyl (C=O) groups is 4. The van der Waals surface area contributed by atoms with Gasteiger partial charge in [0, 0.05) is 32.1 Å². The first kappa shape index (κ1) is 32.5. The predicted octanol–water partition coefficient (Wildman–Crippen LogP) is 2.50. The molecule has 0 atom stereocenters. The molecule has 3 amide bonds. The van der Waals surface area contributed by atoms with Crippen LogP contribution in [0.25, 0.3) is 0 Å². The third kappa shape index (κ3) is 11.9. The first-order valence-corrected chi connectivity index (χ1v) is 12.9. The molecule has 2 aromatic rings. The van der Waals surface area contributed by atoms with Gasteiger partial charge in [-0.2, -0.15) is 0 Å². The fourth-order valence-electron chi connectivity index (χ4n) is 3.30. The topological polar surface area (TPSA) is 149 Å². The first-order chi connectivity index (χ1) is 19.6. The summed E-state index contributed by atoms with van der Waals surface area (Å²) in [5, 5.41) is 10.6. The number of benzene rings is 1. The number of anilines is 1. The van der Waals surface area contributed by atoms with Gasteiger partial charge in [0.15, 0.2) is 5.82 Å². The van der Waals surface area contributed by atoms with Crippen LogP contribution in [-0.2, 0) is 30.5 Å². The summed E-state index contributed by atoms with van der Waals surface area (Å²) in [7, 11) is 1.59. The third-order valence-corrected chi connectivity index (χ3v) is 5.26. The van der Waals surface area contributed by atoms with Crippen molar-refractivity contribution in [3.63, 3.8) is 0 Å². The summed E-state index contributed by atoms with van der Waals surface area (Å²) in [4.78, 5) is 51.2. The van der Waals surface area contributed by atoms with Crippen LogP contribution in [-0.4, -0.2) is 85.0 Å². The molecule has 1 aromatic carbocycles. The molecule has 1 heterocycles. The van der Waals surface area contributed by atoms with E-state index < -0.39 is 23.6 Å². The van der Waals surface area contributed by atoms with Crippen LogP contribution in [0.3, 0.4) is 0 Å². The summed E-state index contributed by atoms with van der Waals surface area (Å²) in [6.45, 7) is 8.61.